The van der Waals surface area contributed by atoms with Crippen LogP contribution < -0.4 is 9.47 Å². The number of para-hydroxylation sites is 1. The van der Waals surface area contributed by atoms with Crippen LogP contribution >= 0.6 is 0 Å². The number of ether oxygens (including phenoxy) is 3. The van der Waals surface area contributed by atoms with E-state index in [4.69, 9.17) is 14.2 Å². The maximum absolute atomic E-state index is 13.5. The van der Waals surface area contributed by atoms with Gasteiger partial charge in [-0.3, -0.25) is 0 Å². The highest BCUT2D eigenvalue weighted by Gasteiger charge is 2.23. The van der Waals surface area contributed by atoms with Gasteiger partial charge in [-0.2, -0.15) is 0 Å². The van der Waals surface area contributed by atoms with E-state index in [2.05, 4.69) is 4.99 Å². The molecule has 0 bridgehead atoms. The molecule has 0 aromatic heterocycles. The maximum atomic E-state index is 13.5. The Morgan fingerprint density at radius 1 is 0.867 bits per heavy atom. The summed E-state index contributed by atoms with van der Waals surface area (Å²) >= 11 is 0. The standard InChI is InChI=1S/C24H18FNO4/c25-20-8-4-5-9-22(20)29-15-14-28-19-12-10-17(11-13-19)16-21-24(27)30-23(26-21)18-6-2-1-3-7-18/h1-13,16H,14-15H2/b21-16+. The van der Waals surface area contributed by atoms with E-state index in [9.17, 15) is 9.18 Å². The molecule has 4 rings (SSSR count). The molecule has 1 heterocycles. The van der Waals surface area contributed by atoms with E-state index >= 15 is 0 Å². The van der Waals surface area contributed by atoms with Crippen LogP contribution in [0.15, 0.2) is 89.6 Å². The van der Waals surface area contributed by atoms with Gasteiger partial charge in [0.1, 0.15) is 19.0 Å². The number of hydrogen-bond donors (Lipinski definition) is 0. The summed E-state index contributed by atoms with van der Waals surface area (Å²) in [5.74, 6) is 0.234. The molecule has 150 valence electrons. The number of carbonyl (C=O) groups is 1. The van der Waals surface area contributed by atoms with Crippen molar-refractivity contribution in [2.45, 2.75) is 0 Å². The number of carbonyl (C=O) groups excluding carboxylic acids is 1. The lowest BCUT2D eigenvalue weighted by molar-refractivity contribution is -0.129. The van der Waals surface area contributed by atoms with Gasteiger partial charge in [0, 0.05) is 5.56 Å². The van der Waals surface area contributed by atoms with Gasteiger partial charge in [-0.05, 0) is 48.0 Å². The normalized spacial score (nSPS) is 14.4. The van der Waals surface area contributed by atoms with Gasteiger partial charge in [0.25, 0.3) is 0 Å². The number of cyclic esters (lactones) is 1. The zero-order chi connectivity index (χ0) is 20.8. The molecule has 0 aliphatic carbocycles. The zero-order valence-electron chi connectivity index (χ0n) is 16.0. The molecular formula is C24H18FNO4. The third kappa shape index (κ3) is 4.72. The minimum Gasteiger partial charge on any atom is -0.490 e. The van der Waals surface area contributed by atoms with Crippen molar-refractivity contribution in [3.05, 3.63) is 102 Å². The van der Waals surface area contributed by atoms with Gasteiger partial charge in [0.15, 0.2) is 17.3 Å². The first kappa shape index (κ1) is 19.4. The number of halogens is 1. The molecule has 6 heteroatoms. The van der Waals surface area contributed by atoms with E-state index in [0.29, 0.717) is 11.6 Å². The fourth-order valence-corrected chi connectivity index (χ4v) is 2.80. The molecule has 0 amide bonds. The average molecular weight is 403 g/mol. The summed E-state index contributed by atoms with van der Waals surface area (Å²) in [6.45, 7) is 0.487. The van der Waals surface area contributed by atoms with E-state index in [0.717, 1.165) is 11.1 Å². The molecule has 3 aromatic carbocycles. The minimum absolute atomic E-state index is 0.196. The Bertz CT molecular complexity index is 1090. The van der Waals surface area contributed by atoms with Gasteiger partial charge in [-0.1, -0.05) is 42.5 Å². The Morgan fingerprint density at radius 2 is 1.57 bits per heavy atom. The van der Waals surface area contributed by atoms with Crippen molar-refractivity contribution in [3.8, 4) is 11.5 Å². The molecule has 1 aliphatic heterocycles. The highest BCUT2D eigenvalue weighted by molar-refractivity contribution is 6.12. The number of esters is 1. The third-order valence-electron chi connectivity index (χ3n) is 4.27. The topological polar surface area (TPSA) is 57.1 Å². The van der Waals surface area contributed by atoms with Crippen LogP contribution in [0.4, 0.5) is 4.39 Å². The van der Waals surface area contributed by atoms with Crippen LogP contribution in [0.2, 0.25) is 0 Å². The number of benzene rings is 3. The van der Waals surface area contributed by atoms with Crippen molar-refractivity contribution < 1.29 is 23.4 Å². The Kier molecular flexibility index (Phi) is 5.85. The summed E-state index contributed by atoms with van der Waals surface area (Å²) in [5, 5.41) is 0. The average Bonchev–Trinajstić information content (AvgIpc) is 3.14. The number of rotatable bonds is 7. The molecule has 0 radical (unpaired) electrons. The van der Waals surface area contributed by atoms with Crippen molar-refractivity contribution in [1.82, 2.24) is 0 Å². The quantitative estimate of drug-likeness (QED) is 0.328. The fraction of sp³-hybridized carbons (Fsp3) is 0.0833. The maximum Gasteiger partial charge on any atom is 0.363 e. The van der Waals surface area contributed by atoms with Gasteiger partial charge in [-0.25, -0.2) is 14.2 Å². The Hall–Kier alpha value is -3.93. The molecule has 0 unspecified atom stereocenters. The molecule has 5 nitrogen and oxygen atoms in total. The van der Waals surface area contributed by atoms with Crippen molar-refractivity contribution in [1.29, 1.82) is 0 Å². The van der Waals surface area contributed by atoms with Crippen molar-refractivity contribution >= 4 is 17.9 Å². The summed E-state index contributed by atoms with van der Waals surface area (Å²) in [5.41, 5.74) is 1.77. The first-order valence-electron chi connectivity index (χ1n) is 9.37. The van der Waals surface area contributed by atoms with E-state index in [1.165, 1.54) is 6.07 Å². The summed E-state index contributed by atoms with van der Waals surface area (Å²) < 4.78 is 29.7. The minimum atomic E-state index is -0.487. The van der Waals surface area contributed by atoms with Gasteiger partial charge in [-0.15, -0.1) is 0 Å². The van der Waals surface area contributed by atoms with Crippen LogP contribution in [-0.2, 0) is 9.53 Å². The fourth-order valence-electron chi connectivity index (χ4n) is 2.80. The highest BCUT2D eigenvalue weighted by atomic mass is 19.1. The lowest BCUT2D eigenvalue weighted by atomic mass is 10.2. The van der Waals surface area contributed by atoms with Crippen LogP contribution in [0, 0.1) is 5.82 Å². The van der Waals surface area contributed by atoms with Crippen LogP contribution in [0.25, 0.3) is 6.08 Å². The lowest BCUT2D eigenvalue weighted by Gasteiger charge is -2.09. The first-order chi connectivity index (χ1) is 14.7. The second-order valence-corrected chi connectivity index (χ2v) is 6.40. The second-order valence-electron chi connectivity index (χ2n) is 6.40. The number of nitrogens with zero attached hydrogens (tertiary/aromatic N) is 1. The van der Waals surface area contributed by atoms with Crippen molar-refractivity contribution in [2.75, 3.05) is 13.2 Å². The monoisotopic (exact) mass is 403 g/mol. The van der Waals surface area contributed by atoms with E-state index < -0.39 is 11.8 Å². The molecule has 30 heavy (non-hydrogen) atoms. The summed E-state index contributed by atoms with van der Waals surface area (Å²) in [7, 11) is 0. The molecule has 3 aromatic rings. The van der Waals surface area contributed by atoms with Crippen LogP contribution in [0.5, 0.6) is 11.5 Å². The molecule has 0 atom stereocenters. The molecule has 0 spiro atoms. The van der Waals surface area contributed by atoms with E-state index in [1.54, 1.807) is 36.4 Å². The van der Waals surface area contributed by atoms with E-state index in [1.807, 2.05) is 42.5 Å². The highest BCUT2D eigenvalue weighted by Crippen LogP contribution is 2.21. The smallest absolute Gasteiger partial charge is 0.363 e. The van der Waals surface area contributed by atoms with Gasteiger partial charge < -0.3 is 14.2 Å². The van der Waals surface area contributed by atoms with E-state index in [-0.39, 0.29) is 24.7 Å². The predicted octanol–water partition coefficient (Wildman–Crippen LogP) is 4.63. The molecule has 0 fully saturated rings. The number of hydrogen-bond acceptors (Lipinski definition) is 5. The van der Waals surface area contributed by atoms with Gasteiger partial charge in [0.05, 0.1) is 0 Å². The van der Waals surface area contributed by atoms with Gasteiger partial charge >= 0.3 is 5.97 Å². The Morgan fingerprint density at radius 3 is 2.33 bits per heavy atom. The zero-order valence-corrected chi connectivity index (χ0v) is 16.0. The first-order valence-corrected chi connectivity index (χ1v) is 9.37. The Balaban J connectivity index is 1.34. The Labute approximate surface area is 173 Å². The molecular weight excluding hydrogens is 385 g/mol. The summed E-state index contributed by atoms with van der Waals surface area (Å²) in [6.07, 6.45) is 1.66. The molecule has 0 N–H and O–H groups in total. The molecule has 0 saturated heterocycles. The van der Waals surface area contributed by atoms with Gasteiger partial charge in [0.2, 0.25) is 5.90 Å². The number of aliphatic imine (C=N–C) groups is 1. The third-order valence-corrected chi connectivity index (χ3v) is 4.27. The lowest BCUT2D eigenvalue weighted by Crippen LogP contribution is -2.09. The predicted molar refractivity (Wildman–Crippen MR) is 111 cm³/mol. The SMILES string of the molecule is O=C1OC(c2ccccc2)=N/C1=C/c1ccc(OCCOc2ccccc2F)cc1. The van der Waals surface area contributed by atoms with Crippen LogP contribution in [0.3, 0.4) is 0 Å². The summed E-state index contributed by atoms with van der Waals surface area (Å²) in [6, 6.07) is 22.6. The summed E-state index contributed by atoms with van der Waals surface area (Å²) in [4.78, 5) is 16.4. The molecule has 1 aliphatic rings. The van der Waals surface area contributed by atoms with Crippen molar-refractivity contribution in [2.24, 2.45) is 4.99 Å². The molecule has 0 saturated carbocycles. The van der Waals surface area contributed by atoms with Crippen LogP contribution in [0.1, 0.15) is 11.1 Å². The van der Waals surface area contributed by atoms with Crippen molar-refractivity contribution in [3.63, 3.8) is 0 Å². The largest absolute Gasteiger partial charge is 0.490 e. The van der Waals surface area contributed by atoms with Crippen LogP contribution in [-0.4, -0.2) is 25.1 Å². The second kappa shape index (κ2) is 9.05.